The molecule has 1 saturated carbocycles. The van der Waals surface area contributed by atoms with Gasteiger partial charge in [0.1, 0.15) is 12.1 Å². The van der Waals surface area contributed by atoms with Gasteiger partial charge in [-0.1, -0.05) is 26.2 Å². The third-order valence-corrected chi connectivity index (χ3v) is 3.49. The third kappa shape index (κ3) is 3.47. The molecule has 0 bridgehead atoms. The van der Waals surface area contributed by atoms with Crippen LogP contribution < -0.4 is 5.32 Å². The number of hydrogen-bond acceptors (Lipinski definition) is 3. The SMILES string of the molecule is CC1CCCC(CCNc2ccncn2)C1. The molecular formula is C13H21N3. The maximum atomic E-state index is 4.15. The molecule has 1 heterocycles. The summed E-state index contributed by atoms with van der Waals surface area (Å²) in [5.41, 5.74) is 0. The number of aromatic nitrogens is 2. The quantitative estimate of drug-likeness (QED) is 0.845. The lowest BCUT2D eigenvalue weighted by molar-refractivity contribution is 0.274. The van der Waals surface area contributed by atoms with Gasteiger partial charge in [0, 0.05) is 12.7 Å². The van der Waals surface area contributed by atoms with E-state index in [4.69, 9.17) is 0 Å². The van der Waals surface area contributed by atoms with E-state index >= 15 is 0 Å². The van der Waals surface area contributed by atoms with Crippen molar-refractivity contribution in [2.75, 3.05) is 11.9 Å². The first-order valence-electron chi connectivity index (χ1n) is 6.34. The molecule has 2 atom stereocenters. The van der Waals surface area contributed by atoms with Gasteiger partial charge in [0.2, 0.25) is 0 Å². The Morgan fingerprint density at radius 3 is 3.12 bits per heavy atom. The van der Waals surface area contributed by atoms with Crippen LogP contribution in [0.4, 0.5) is 5.82 Å². The van der Waals surface area contributed by atoms with Crippen LogP contribution in [0.1, 0.15) is 39.0 Å². The van der Waals surface area contributed by atoms with Crippen LogP contribution in [0.15, 0.2) is 18.6 Å². The van der Waals surface area contributed by atoms with E-state index in [0.29, 0.717) is 0 Å². The van der Waals surface area contributed by atoms with E-state index in [0.717, 1.165) is 24.2 Å². The highest BCUT2D eigenvalue weighted by Crippen LogP contribution is 2.30. The van der Waals surface area contributed by atoms with Gasteiger partial charge in [0.05, 0.1) is 0 Å². The largest absolute Gasteiger partial charge is 0.370 e. The zero-order chi connectivity index (χ0) is 11.2. The van der Waals surface area contributed by atoms with Crippen molar-refractivity contribution in [1.29, 1.82) is 0 Å². The van der Waals surface area contributed by atoms with Crippen molar-refractivity contribution >= 4 is 5.82 Å². The molecule has 0 saturated heterocycles. The van der Waals surface area contributed by atoms with Crippen LogP contribution in [-0.2, 0) is 0 Å². The summed E-state index contributed by atoms with van der Waals surface area (Å²) in [5.74, 6) is 2.79. The number of anilines is 1. The van der Waals surface area contributed by atoms with E-state index < -0.39 is 0 Å². The van der Waals surface area contributed by atoms with Gasteiger partial charge in [-0.15, -0.1) is 0 Å². The fourth-order valence-corrected chi connectivity index (χ4v) is 2.62. The van der Waals surface area contributed by atoms with Crippen molar-refractivity contribution in [2.45, 2.75) is 39.0 Å². The first-order chi connectivity index (χ1) is 7.84. The number of rotatable bonds is 4. The van der Waals surface area contributed by atoms with Crippen LogP contribution in [0.5, 0.6) is 0 Å². The molecule has 88 valence electrons. The van der Waals surface area contributed by atoms with Crippen LogP contribution in [0.2, 0.25) is 0 Å². The molecule has 0 aliphatic heterocycles. The molecule has 2 rings (SSSR count). The van der Waals surface area contributed by atoms with Gasteiger partial charge in [-0.3, -0.25) is 0 Å². The molecule has 1 fully saturated rings. The summed E-state index contributed by atoms with van der Waals surface area (Å²) in [6.07, 6.45) is 10.3. The third-order valence-electron chi connectivity index (χ3n) is 3.49. The predicted octanol–water partition coefficient (Wildman–Crippen LogP) is 3.10. The minimum atomic E-state index is 0.915. The van der Waals surface area contributed by atoms with Gasteiger partial charge in [-0.05, 0) is 30.7 Å². The van der Waals surface area contributed by atoms with E-state index in [-0.39, 0.29) is 0 Å². The highest BCUT2D eigenvalue weighted by Gasteiger charge is 2.18. The van der Waals surface area contributed by atoms with E-state index in [2.05, 4.69) is 22.2 Å². The summed E-state index contributed by atoms with van der Waals surface area (Å²) in [6, 6.07) is 1.92. The fraction of sp³-hybridized carbons (Fsp3) is 0.692. The van der Waals surface area contributed by atoms with Gasteiger partial charge in [0.15, 0.2) is 0 Å². The maximum Gasteiger partial charge on any atom is 0.129 e. The van der Waals surface area contributed by atoms with Gasteiger partial charge in [0.25, 0.3) is 0 Å². The Morgan fingerprint density at radius 2 is 2.38 bits per heavy atom. The van der Waals surface area contributed by atoms with Crippen LogP contribution in [0.3, 0.4) is 0 Å². The van der Waals surface area contributed by atoms with E-state index in [1.54, 1.807) is 12.5 Å². The average molecular weight is 219 g/mol. The first-order valence-corrected chi connectivity index (χ1v) is 6.34. The standard InChI is InChI=1S/C13H21N3/c1-11-3-2-4-12(9-11)5-8-15-13-6-7-14-10-16-13/h6-7,10-12H,2-5,8-9H2,1H3,(H,14,15,16). The molecule has 3 heteroatoms. The van der Waals surface area contributed by atoms with Crippen molar-refractivity contribution in [3.63, 3.8) is 0 Å². The van der Waals surface area contributed by atoms with Crippen LogP contribution in [-0.4, -0.2) is 16.5 Å². The summed E-state index contributed by atoms with van der Waals surface area (Å²) in [6.45, 7) is 3.42. The molecule has 16 heavy (non-hydrogen) atoms. The Balaban J connectivity index is 1.68. The second-order valence-electron chi connectivity index (χ2n) is 4.95. The molecular weight excluding hydrogens is 198 g/mol. The highest BCUT2D eigenvalue weighted by molar-refractivity contribution is 5.31. The monoisotopic (exact) mass is 219 g/mol. The topological polar surface area (TPSA) is 37.8 Å². The molecule has 2 unspecified atom stereocenters. The summed E-state index contributed by atoms with van der Waals surface area (Å²) in [5, 5.41) is 3.36. The lowest BCUT2D eigenvalue weighted by Gasteiger charge is -2.26. The Labute approximate surface area is 97.7 Å². The smallest absolute Gasteiger partial charge is 0.129 e. The lowest BCUT2D eigenvalue weighted by atomic mass is 9.81. The lowest BCUT2D eigenvalue weighted by Crippen LogP contribution is -2.16. The fourth-order valence-electron chi connectivity index (χ4n) is 2.62. The summed E-state index contributed by atoms with van der Waals surface area (Å²) in [4.78, 5) is 8.06. The Hall–Kier alpha value is -1.12. The van der Waals surface area contributed by atoms with Gasteiger partial charge in [-0.25, -0.2) is 9.97 Å². The Bertz CT molecular complexity index is 299. The molecule has 1 N–H and O–H groups in total. The zero-order valence-corrected chi connectivity index (χ0v) is 10.0. The van der Waals surface area contributed by atoms with Crippen molar-refractivity contribution in [2.24, 2.45) is 11.8 Å². The molecule has 1 aliphatic rings. The predicted molar refractivity (Wildman–Crippen MR) is 66.3 cm³/mol. The number of nitrogens with zero attached hydrogens (tertiary/aromatic N) is 2. The first kappa shape index (κ1) is 11.4. The average Bonchev–Trinajstić information content (AvgIpc) is 2.30. The van der Waals surface area contributed by atoms with Crippen molar-refractivity contribution in [1.82, 2.24) is 9.97 Å². The normalized spacial score (nSPS) is 25.3. The Kier molecular flexibility index (Phi) is 4.14. The molecule has 0 amide bonds. The van der Waals surface area contributed by atoms with Crippen LogP contribution in [0, 0.1) is 11.8 Å². The van der Waals surface area contributed by atoms with Crippen molar-refractivity contribution in [3.8, 4) is 0 Å². The van der Waals surface area contributed by atoms with Crippen LogP contribution in [0.25, 0.3) is 0 Å². The second-order valence-corrected chi connectivity index (χ2v) is 4.95. The van der Waals surface area contributed by atoms with E-state index in [1.165, 1.54) is 32.1 Å². The van der Waals surface area contributed by atoms with Crippen molar-refractivity contribution in [3.05, 3.63) is 18.6 Å². The molecule has 3 nitrogen and oxygen atoms in total. The van der Waals surface area contributed by atoms with Crippen LogP contribution >= 0.6 is 0 Å². The Morgan fingerprint density at radius 1 is 1.44 bits per heavy atom. The molecule has 0 aromatic carbocycles. The minimum Gasteiger partial charge on any atom is -0.370 e. The number of hydrogen-bond donors (Lipinski definition) is 1. The van der Waals surface area contributed by atoms with Gasteiger partial charge >= 0.3 is 0 Å². The van der Waals surface area contributed by atoms with Gasteiger partial charge in [-0.2, -0.15) is 0 Å². The maximum absolute atomic E-state index is 4.15. The molecule has 1 aromatic rings. The minimum absolute atomic E-state index is 0.915. The van der Waals surface area contributed by atoms with Gasteiger partial charge < -0.3 is 5.32 Å². The van der Waals surface area contributed by atoms with E-state index in [9.17, 15) is 0 Å². The second kappa shape index (κ2) is 5.83. The molecule has 0 spiro atoms. The highest BCUT2D eigenvalue weighted by atomic mass is 15.0. The summed E-state index contributed by atoms with van der Waals surface area (Å²) >= 11 is 0. The molecule has 1 aliphatic carbocycles. The molecule has 0 radical (unpaired) electrons. The van der Waals surface area contributed by atoms with E-state index in [1.807, 2.05) is 6.07 Å². The summed E-state index contributed by atoms with van der Waals surface area (Å²) < 4.78 is 0. The molecule has 1 aromatic heterocycles. The van der Waals surface area contributed by atoms with Crippen molar-refractivity contribution < 1.29 is 0 Å². The zero-order valence-electron chi connectivity index (χ0n) is 10.0. The summed E-state index contributed by atoms with van der Waals surface area (Å²) in [7, 11) is 0. The number of nitrogens with one attached hydrogen (secondary N) is 1.